The lowest BCUT2D eigenvalue weighted by Gasteiger charge is -2.35. The Kier molecular flexibility index (Phi) is 10.7. The van der Waals surface area contributed by atoms with Gasteiger partial charge in [0.05, 0.1) is 16.5 Å². The molecule has 0 spiro atoms. The second-order valence-corrected chi connectivity index (χ2v) is 19.9. The van der Waals surface area contributed by atoms with E-state index < -0.39 is 10.8 Å². The molecule has 0 saturated carbocycles. The summed E-state index contributed by atoms with van der Waals surface area (Å²) < 4.78 is 0. The van der Waals surface area contributed by atoms with Crippen molar-refractivity contribution in [3.8, 4) is 55.6 Å². The van der Waals surface area contributed by atoms with Crippen LogP contribution in [0.2, 0.25) is 0 Å². The lowest BCUT2D eigenvalue weighted by Crippen LogP contribution is -2.28. The second kappa shape index (κ2) is 18.2. The molecule has 2 aliphatic rings. The highest BCUT2D eigenvalue weighted by atomic mass is 15.1. The van der Waals surface area contributed by atoms with E-state index in [1.54, 1.807) is 0 Å². The standard InChI is InChI=1S/C74H51N/c1-7-24-52(25-8-1)55-44-48-62(53-26-9-2-10-27-53)71(50-55)75(61-47-49-65-64-36-19-21-39-67(64)74(70(65)51-61,58-32-15-5-16-33-58)59-34-17-6-18-35-59)60-45-42-54(43-46-60)63-38-23-41-69-72(63)66-37-20-22-40-68(66)73(69,56-28-11-3-12-29-56)57-30-13-4-14-31-57/h1-51H. The van der Waals surface area contributed by atoms with Crippen LogP contribution in [0.1, 0.15) is 44.5 Å². The van der Waals surface area contributed by atoms with Gasteiger partial charge < -0.3 is 4.90 Å². The van der Waals surface area contributed by atoms with Crippen molar-refractivity contribution >= 4 is 17.1 Å². The van der Waals surface area contributed by atoms with Crippen LogP contribution >= 0.6 is 0 Å². The zero-order chi connectivity index (χ0) is 49.8. The fourth-order valence-corrected chi connectivity index (χ4v) is 12.9. The minimum absolute atomic E-state index is 0.485. The molecular weight excluding hydrogens is 903 g/mol. The normalized spacial score (nSPS) is 13.3. The van der Waals surface area contributed by atoms with Crippen LogP contribution in [0.15, 0.2) is 309 Å². The van der Waals surface area contributed by atoms with E-state index in [9.17, 15) is 0 Å². The van der Waals surface area contributed by atoms with Crippen LogP contribution < -0.4 is 4.90 Å². The maximum atomic E-state index is 2.50. The lowest BCUT2D eigenvalue weighted by atomic mass is 9.67. The summed E-state index contributed by atoms with van der Waals surface area (Å²) in [6.45, 7) is 0. The summed E-state index contributed by atoms with van der Waals surface area (Å²) in [6, 6.07) is 115. The van der Waals surface area contributed by atoms with Gasteiger partial charge in [-0.15, -0.1) is 0 Å². The molecule has 75 heavy (non-hydrogen) atoms. The van der Waals surface area contributed by atoms with E-state index in [-0.39, 0.29) is 0 Å². The highest BCUT2D eigenvalue weighted by Crippen LogP contribution is 2.60. The average molecular weight is 954 g/mol. The minimum atomic E-state index is -0.563. The molecule has 0 aliphatic heterocycles. The van der Waals surface area contributed by atoms with Gasteiger partial charge in [-0.3, -0.25) is 0 Å². The monoisotopic (exact) mass is 953 g/mol. The van der Waals surface area contributed by atoms with Crippen molar-refractivity contribution in [2.45, 2.75) is 10.8 Å². The van der Waals surface area contributed by atoms with Gasteiger partial charge in [0.15, 0.2) is 0 Å². The molecule has 1 nitrogen and oxygen atoms in total. The molecule has 352 valence electrons. The largest absolute Gasteiger partial charge is 0.310 e. The summed E-state index contributed by atoms with van der Waals surface area (Å²) in [5.41, 5.74) is 24.5. The fourth-order valence-electron chi connectivity index (χ4n) is 12.9. The van der Waals surface area contributed by atoms with Crippen molar-refractivity contribution in [3.05, 3.63) is 354 Å². The SMILES string of the molecule is c1ccc(-c2ccc(-c3ccccc3)c(N(c3ccc(-c4cccc5c4-c4ccccc4C5(c4ccccc4)c4ccccc4)cc3)c3ccc4c(c3)C(c3ccccc3)(c3ccccc3)c3ccccc3-4)c2)cc1. The van der Waals surface area contributed by atoms with Crippen LogP contribution in [0.25, 0.3) is 55.6 Å². The van der Waals surface area contributed by atoms with Gasteiger partial charge in [-0.05, 0) is 125 Å². The zero-order valence-electron chi connectivity index (χ0n) is 41.4. The number of fused-ring (bicyclic) bond motifs is 6. The molecule has 1 heteroatoms. The first-order valence-corrected chi connectivity index (χ1v) is 26.1. The zero-order valence-corrected chi connectivity index (χ0v) is 41.4. The first-order valence-electron chi connectivity index (χ1n) is 26.1. The van der Waals surface area contributed by atoms with Gasteiger partial charge in [0.1, 0.15) is 0 Å². The molecule has 0 fully saturated rings. The average Bonchev–Trinajstić information content (AvgIpc) is 3.98. The highest BCUT2D eigenvalue weighted by molar-refractivity contribution is 5.97. The summed E-state index contributed by atoms with van der Waals surface area (Å²) in [6.07, 6.45) is 0. The van der Waals surface area contributed by atoms with Crippen LogP contribution in [0.3, 0.4) is 0 Å². The molecule has 0 heterocycles. The molecule has 0 bridgehead atoms. The Morgan fingerprint density at radius 2 is 0.600 bits per heavy atom. The molecule has 0 amide bonds. The Morgan fingerprint density at radius 3 is 1.17 bits per heavy atom. The summed E-state index contributed by atoms with van der Waals surface area (Å²) in [4.78, 5) is 2.50. The molecule has 0 unspecified atom stereocenters. The molecule has 0 aromatic heterocycles. The Hall–Kier alpha value is -9.56. The Morgan fingerprint density at radius 1 is 0.213 bits per heavy atom. The van der Waals surface area contributed by atoms with Crippen molar-refractivity contribution in [1.29, 1.82) is 0 Å². The molecule has 0 radical (unpaired) electrons. The van der Waals surface area contributed by atoms with E-state index >= 15 is 0 Å². The number of nitrogens with zero attached hydrogens (tertiary/aromatic N) is 1. The highest BCUT2D eigenvalue weighted by Gasteiger charge is 2.48. The topological polar surface area (TPSA) is 3.24 Å². The van der Waals surface area contributed by atoms with Crippen LogP contribution in [0, 0.1) is 0 Å². The summed E-state index contributed by atoms with van der Waals surface area (Å²) in [5.74, 6) is 0. The third-order valence-electron chi connectivity index (χ3n) is 16.0. The maximum Gasteiger partial charge on any atom is 0.0714 e. The van der Waals surface area contributed by atoms with Crippen LogP contribution in [0.4, 0.5) is 17.1 Å². The number of hydrogen-bond donors (Lipinski definition) is 0. The van der Waals surface area contributed by atoms with Crippen molar-refractivity contribution in [2.75, 3.05) is 4.90 Å². The lowest BCUT2D eigenvalue weighted by molar-refractivity contribution is 0.768. The summed E-state index contributed by atoms with van der Waals surface area (Å²) in [5, 5.41) is 0. The Bertz CT molecular complexity index is 3940. The second-order valence-electron chi connectivity index (χ2n) is 19.9. The van der Waals surface area contributed by atoms with Crippen molar-refractivity contribution in [1.82, 2.24) is 0 Å². The first kappa shape index (κ1) is 44.2. The number of benzene rings is 12. The number of rotatable bonds is 10. The predicted molar refractivity (Wildman–Crippen MR) is 312 cm³/mol. The molecule has 12 aromatic carbocycles. The quantitative estimate of drug-likeness (QED) is 0.132. The van der Waals surface area contributed by atoms with Gasteiger partial charge in [0, 0.05) is 16.9 Å². The van der Waals surface area contributed by atoms with E-state index in [0.29, 0.717) is 0 Å². The van der Waals surface area contributed by atoms with E-state index in [1.165, 1.54) is 83.5 Å². The first-order chi connectivity index (χ1) is 37.2. The molecule has 0 atom stereocenters. The van der Waals surface area contributed by atoms with Gasteiger partial charge in [-0.25, -0.2) is 0 Å². The molecule has 0 saturated heterocycles. The Labute approximate surface area is 440 Å². The van der Waals surface area contributed by atoms with Crippen molar-refractivity contribution in [2.24, 2.45) is 0 Å². The van der Waals surface area contributed by atoms with Crippen LogP contribution in [-0.4, -0.2) is 0 Å². The van der Waals surface area contributed by atoms with Gasteiger partial charge >= 0.3 is 0 Å². The molecule has 0 N–H and O–H groups in total. The third-order valence-corrected chi connectivity index (χ3v) is 16.0. The fraction of sp³-hybridized carbons (Fsp3) is 0.0270. The van der Waals surface area contributed by atoms with Crippen molar-refractivity contribution in [3.63, 3.8) is 0 Å². The predicted octanol–water partition coefficient (Wildman–Crippen LogP) is 18.9. The smallest absolute Gasteiger partial charge is 0.0714 e. The third kappa shape index (κ3) is 6.93. The van der Waals surface area contributed by atoms with Gasteiger partial charge in [0.2, 0.25) is 0 Å². The van der Waals surface area contributed by atoms with E-state index in [4.69, 9.17) is 0 Å². The van der Waals surface area contributed by atoms with E-state index in [0.717, 1.165) is 33.8 Å². The summed E-state index contributed by atoms with van der Waals surface area (Å²) >= 11 is 0. The number of anilines is 3. The van der Waals surface area contributed by atoms with E-state index in [1.807, 2.05) is 0 Å². The van der Waals surface area contributed by atoms with Gasteiger partial charge in [0.25, 0.3) is 0 Å². The molecular formula is C74H51N. The van der Waals surface area contributed by atoms with E-state index in [2.05, 4.69) is 314 Å². The van der Waals surface area contributed by atoms with Crippen molar-refractivity contribution < 1.29 is 0 Å². The Balaban J connectivity index is 1.00. The minimum Gasteiger partial charge on any atom is -0.310 e. The molecule has 2 aliphatic carbocycles. The van der Waals surface area contributed by atoms with Gasteiger partial charge in [-0.1, -0.05) is 279 Å². The maximum absolute atomic E-state index is 2.50. The van der Waals surface area contributed by atoms with Crippen LogP contribution in [0.5, 0.6) is 0 Å². The van der Waals surface area contributed by atoms with Crippen LogP contribution in [-0.2, 0) is 10.8 Å². The van der Waals surface area contributed by atoms with Gasteiger partial charge in [-0.2, -0.15) is 0 Å². The number of hydrogen-bond acceptors (Lipinski definition) is 1. The summed E-state index contributed by atoms with van der Waals surface area (Å²) in [7, 11) is 0. The molecule has 14 rings (SSSR count). The molecule has 12 aromatic rings.